The maximum atomic E-state index is 6.05. The van der Waals surface area contributed by atoms with Gasteiger partial charge in [0.15, 0.2) is 0 Å². The first kappa shape index (κ1) is 14.5. The van der Waals surface area contributed by atoms with E-state index < -0.39 is 0 Å². The Morgan fingerprint density at radius 3 is 2.11 bits per heavy atom. The minimum atomic E-state index is 0.373. The summed E-state index contributed by atoms with van der Waals surface area (Å²) in [6.07, 6.45) is 0. The van der Waals surface area contributed by atoms with Crippen LogP contribution in [0.25, 0.3) is 0 Å². The zero-order chi connectivity index (χ0) is 13.8. The molecule has 1 aromatic rings. The maximum absolute atomic E-state index is 6.05. The second kappa shape index (κ2) is 6.51. The molecule has 3 heteroatoms. The zero-order valence-electron chi connectivity index (χ0n) is 12.5. The van der Waals surface area contributed by atoms with Crippen molar-refractivity contribution >= 4 is 0 Å². The van der Waals surface area contributed by atoms with Gasteiger partial charge < -0.3 is 10.6 Å². The Kier molecular flexibility index (Phi) is 4.97. The van der Waals surface area contributed by atoms with E-state index in [9.17, 15) is 0 Å². The molecule has 0 aromatic heterocycles. The summed E-state index contributed by atoms with van der Waals surface area (Å²) in [6.45, 7) is 13.0. The fourth-order valence-corrected chi connectivity index (χ4v) is 3.09. The molecule has 1 heterocycles. The number of nitrogens with two attached hydrogens (primary N) is 1. The molecule has 0 spiro atoms. The summed E-state index contributed by atoms with van der Waals surface area (Å²) >= 11 is 0. The molecular weight excluding hydrogens is 234 g/mol. The van der Waals surface area contributed by atoms with Crippen molar-refractivity contribution in [3.63, 3.8) is 0 Å². The van der Waals surface area contributed by atoms with Crippen LogP contribution in [0.5, 0.6) is 0 Å². The molecule has 1 fully saturated rings. The quantitative estimate of drug-likeness (QED) is 0.899. The largest absolute Gasteiger partial charge is 0.329 e. The van der Waals surface area contributed by atoms with Crippen molar-refractivity contribution in [1.29, 1.82) is 0 Å². The van der Waals surface area contributed by atoms with Gasteiger partial charge in [0.1, 0.15) is 0 Å². The van der Waals surface area contributed by atoms with Gasteiger partial charge in [0.25, 0.3) is 0 Å². The Balaban J connectivity index is 2.11. The van der Waals surface area contributed by atoms with Gasteiger partial charge in [-0.1, -0.05) is 36.2 Å². The van der Waals surface area contributed by atoms with Crippen molar-refractivity contribution in [3.8, 4) is 0 Å². The molecule has 1 aliphatic rings. The Bertz CT molecular complexity index is 388. The minimum absolute atomic E-state index is 0.373. The summed E-state index contributed by atoms with van der Waals surface area (Å²) in [7, 11) is 0. The number of rotatable bonds is 4. The SMILES string of the molecule is CCN1CCN(C(CN)c2cc(C)cc(C)c2)CC1. The summed E-state index contributed by atoms with van der Waals surface area (Å²) in [5.41, 5.74) is 10.1. The van der Waals surface area contributed by atoms with Crippen LogP contribution >= 0.6 is 0 Å². The van der Waals surface area contributed by atoms with Gasteiger partial charge in [0.05, 0.1) is 0 Å². The van der Waals surface area contributed by atoms with Crippen molar-refractivity contribution in [2.45, 2.75) is 26.8 Å². The van der Waals surface area contributed by atoms with E-state index in [1.807, 2.05) is 0 Å². The Morgan fingerprint density at radius 1 is 1.05 bits per heavy atom. The van der Waals surface area contributed by atoms with Crippen LogP contribution < -0.4 is 5.73 Å². The van der Waals surface area contributed by atoms with E-state index in [0.29, 0.717) is 12.6 Å². The van der Waals surface area contributed by atoms with Crippen LogP contribution in [-0.4, -0.2) is 49.1 Å². The van der Waals surface area contributed by atoms with E-state index >= 15 is 0 Å². The molecule has 3 nitrogen and oxygen atoms in total. The van der Waals surface area contributed by atoms with E-state index in [-0.39, 0.29) is 0 Å². The third-order valence-electron chi connectivity index (χ3n) is 4.15. The molecule has 0 amide bonds. The van der Waals surface area contributed by atoms with Crippen LogP contribution in [0.15, 0.2) is 18.2 Å². The molecule has 1 aliphatic heterocycles. The molecule has 2 rings (SSSR count). The predicted octanol–water partition coefficient (Wildman–Crippen LogP) is 1.94. The summed E-state index contributed by atoms with van der Waals surface area (Å²) < 4.78 is 0. The fraction of sp³-hybridized carbons (Fsp3) is 0.625. The predicted molar refractivity (Wildman–Crippen MR) is 81.4 cm³/mol. The Hall–Kier alpha value is -0.900. The van der Waals surface area contributed by atoms with Crippen LogP contribution in [-0.2, 0) is 0 Å². The average molecular weight is 261 g/mol. The lowest BCUT2D eigenvalue weighted by Gasteiger charge is -2.39. The van der Waals surface area contributed by atoms with E-state index in [1.54, 1.807) is 0 Å². The van der Waals surface area contributed by atoms with E-state index in [1.165, 1.54) is 16.7 Å². The number of aryl methyl sites for hydroxylation is 2. The molecule has 19 heavy (non-hydrogen) atoms. The van der Waals surface area contributed by atoms with Gasteiger partial charge in [-0.3, -0.25) is 4.90 Å². The van der Waals surface area contributed by atoms with Gasteiger partial charge in [-0.2, -0.15) is 0 Å². The first-order valence-electron chi connectivity index (χ1n) is 7.38. The monoisotopic (exact) mass is 261 g/mol. The smallest absolute Gasteiger partial charge is 0.0471 e. The molecular formula is C16H27N3. The Morgan fingerprint density at radius 2 is 1.63 bits per heavy atom. The fourth-order valence-electron chi connectivity index (χ4n) is 3.09. The van der Waals surface area contributed by atoms with Crippen LogP contribution in [0.4, 0.5) is 0 Å². The van der Waals surface area contributed by atoms with Gasteiger partial charge in [-0.15, -0.1) is 0 Å². The van der Waals surface area contributed by atoms with Gasteiger partial charge in [0, 0.05) is 38.8 Å². The highest BCUT2D eigenvalue weighted by Gasteiger charge is 2.23. The van der Waals surface area contributed by atoms with Crippen LogP contribution in [0.2, 0.25) is 0 Å². The number of likely N-dealkylation sites (N-methyl/N-ethyl adjacent to an activating group) is 1. The highest BCUT2D eigenvalue weighted by atomic mass is 15.3. The molecule has 106 valence electrons. The molecule has 0 saturated carbocycles. The number of hydrogen-bond donors (Lipinski definition) is 1. The molecule has 1 aromatic carbocycles. The summed E-state index contributed by atoms with van der Waals surface area (Å²) in [5, 5.41) is 0. The lowest BCUT2D eigenvalue weighted by Crippen LogP contribution is -2.48. The lowest BCUT2D eigenvalue weighted by molar-refractivity contribution is 0.102. The number of piperazine rings is 1. The van der Waals surface area contributed by atoms with Crippen molar-refractivity contribution in [1.82, 2.24) is 9.80 Å². The molecule has 0 radical (unpaired) electrons. The lowest BCUT2D eigenvalue weighted by atomic mass is 9.99. The third-order valence-corrected chi connectivity index (χ3v) is 4.15. The number of nitrogens with zero attached hydrogens (tertiary/aromatic N) is 2. The van der Waals surface area contributed by atoms with E-state index in [2.05, 4.69) is 48.8 Å². The normalized spacial score (nSPS) is 19.6. The standard InChI is InChI=1S/C16H27N3/c1-4-18-5-7-19(8-6-18)16(12-17)15-10-13(2)9-14(3)11-15/h9-11,16H,4-8,12,17H2,1-3H3. The van der Waals surface area contributed by atoms with Gasteiger partial charge in [-0.25, -0.2) is 0 Å². The molecule has 2 N–H and O–H groups in total. The minimum Gasteiger partial charge on any atom is -0.329 e. The topological polar surface area (TPSA) is 32.5 Å². The van der Waals surface area contributed by atoms with Crippen LogP contribution in [0, 0.1) is 13.8 Å². The third kappa shape index (κ3) is 3.56. The highest BCUT2D eigenvalue weighted by molar-refractivity contribution is 5.31. The molecule has 0 bridgehead atoms. The summed E-state index contributed by atoms with van der Waals surface area (Å²) in [4.78, 5) is 5.05. The van der Waals surface area contributed by atoms with Crippen LogP contribution in [0.1, 0.15) is 29.7 Å². The first-order valence-corrected chi connectivity index (χ1v) is 7.38. The van der Waals surface area contributed by atoms with Crippen molar-refractivity contribution in [2.24, 2.45) is 5.73 Å². The molecule has 1 saturated heterocycles. The highest BCUT2D eigenvalue weighted by Crippen LogP contribution is 2.23. The summed E-state index contributed by atoms with van der Waals surface area (Å²) in [6, 6.07) is 7.18. The zero-order valence-corrected chi connectivity index (χ0v) is 12.5. The molecule has 1 unspecified atom stereocenters. The molecule has 1 atom stereocenters. The van der Waals surface area contributed by atoms with Gasteiger partial charge in [-0.05, 0) is 26.0 Å². The Labute approximate surface area is 117 Å². The average Bonchev–Trinajstić information content (AvgIpc) is 2.39. The molecule has 0 aliphatic carbocycles. The van der Waals surface area contributed by atoms with Gasteiger partial charge >= 0.3 is 0 Å². The second-order valence-corrected chi connectivity index (χ2v) is 5.64. The van der Waals surface area contributed by atoms with Gasteiger partial charge in [0.2, 0.25) is 0 Å². The van der Waals surface area contributed by atoms with Crippen molar-refractivity contribution in [2.75, 3.05) is 39.3 Å². The van der Waals surface area contributed by atoms with E-state index in [4.69, 9.17) is 5.73 Å². The number of benzene rings is 1. The van der Waals surface area contributed by atoms with Crippen molar-refractivity contribution in [3.05, 3.63) is 34.9 Å². The first-order chi connectivity index (χ1) is 9.13. The van der Waals surface area contributed by atoms with E-state index in [0.717, 1.165) is 32.7 Å². The maximum Gasteiger partial charge on any atom is 0.0471 e. The van der Waals surface area contributed by atoms with Crippen LogP contribution in [0.3, 0.4) is 0 Å². The van der Waals surface area contributed by atoms with Crippen molar-refractivity contribution < 1.29 is 0 Å². The second-order valence-electron chi connectivity index (χ2n) is 5.64. The number of hydrogen-bond acceptors (Lipinski definition) is 3. The summed E-state index contributed by atoms with van der Waals surface area (Å²) in [5.74, 6) is 0.